The van der Waals surface area contributed by atoms with Gasteiger partial charge in [-0.2, -0.15) is 13.8 Å². The molecule has 1 fully saturated rings. The van der Waals surface area contributed by atoms with E-state index in [0.717, 1.165) is 28.9 Å². The average Bonchev–Trinajstić information content (AvgIpc) is 3.16. The van der Waals surface area contributed by atoms with Crippen LogP contribution in [0.25, 0.3) is 0 Å². The Morgan fingerprint density at radius 3 is 2.36 bits per heavy atom. The van der Waals surface area contributed by atoms with Crippen LogP contribution in [0.4, 0.5) is 14.6 Å². The van der Waals surface area contributed by atoms with Crippen molar-refractivity contribution >= 4 is 23.7 Å². The molecule has 1 saturated heterocycles. The van der Waals surface area contributed by atoms with Crippen LogP contribution in [-0.4, -0.2) is 64.2 Å². The van der Waals surface area contributed by atoms with Gasteiger partial charge in [-0.05, 0) is 30.3 Å². The molecule has 1 aromatic heterocycles. The lowest BCUT2D eigenvalue weighted by Crippen LogP contribution is -2.43. The van der Waals surface area contributed by atoms with Crippen LogP contribution in [0.2, 0.25) is 0 Å². The van der Waals surface area contributed by atoms with Crippen LogP contribution >= 0.6 is 0 Å². The highest BCUT2D eigenvalue weighted by Gasteiger charge is 2.51. The minimum absolute atomic E-state index is 0.000697. The van der Waals surface area contributed by atoms with Crippen LogP contribution in [0.1, 0.15) is 16.6 Å². The fourth-order valence-electron chi connectivity index (χ4n) is 3.50. The molecule has 4 rings (SSSR count). The van der Waals surface area contributed by atoms with Gasteiger partial charge in [0.2, 0.25) is 0 Å². The van der Waals surface area contributed by atoms with E-state index in [2.05, 4.69) is 9.72 Å². The van der Waals surface area contributed by atoms with Crippen molar-refractivity contribution in [3.8, 4) is 5.75 Å². The largest absolute Gasteiger partial charge is 0.459 e. The highest BCUT2D eigenvalue weighted by atomic mass is 19.3. The highest BCUT2D eigenvalue weighted by molar-refractivity contribution is 5.92. The van der Waals surface area contributed by atoms with Crippen molar-refractivity contribution in [3.63, 3.8) is 0 Å². The zero-order valence-corrected chi connectivity index (χ0v) is 18.0. The van der Waals surface area contributed by atoms with Gasteiger partial charge in [-0.15, -0.1) is 0 Å². The number of hydrogen-bond acceptors (Lipinski definition) is 12. The molecule has 0 spiro atoms. The first-order valence-electron chi connectivity index (χ1n) is 10.2. The number of nitrogens with one attached hydrogen (secondary N) is 1. The molecule has 2 N–H and O–H groups in total. The summed E-state index contributed by atoms with van der Waals surface area (Å²) in [4.78, 5) is 52.6. The van der Waals surface area contributed by atoms with Crippen LogP contribution < -0.4 is 15.9 Å². The Bertz CT molecular complexity index is 1230. The molecule has 15 heteroatoms. The Kier molecular flexibility index (Phi) is 7.21. The average molecular weight is 509 g/mol. The van der Waals surface area contributed by atoms with Crippen LogP contribution in [0.5, 0.6) is 5.75 Å². The van der Waals surface area contributed by atoms with Gasteiger partial charge < -0.3 is 23.7 Å². The molecule has 0 bridgehead atoms. The van der Waals surface area contributed by atoms with Gasteiger partial charge in [0.15, 0.2) is 24.3 Å². The standard InChI is InChI=1S/C21H17F2N3O10/c22-20(23)33-11-3-1-10(2-4-11)19(29)32-9-12-16-17(36-15(28)6-5-14(27)35-16)18(34-12)26-8-7-13(25-31)24-21(26)30/h1-8,12,16-18,20,31H,9H2,(H,24,25,30)/b6-5-/t12-,16?,17+,18-/m1/s1. The van der Waals surface area contributed by atoms with Crippen molar-refractivity contribution in [1.29, 1.82) is 0 Å². The Balaban J connectivity index is 1.54. The van der Waals surface area contributed by atoms with E-state index in [4.69, 9.17) is 24.2 Å². The summed E-state index contributed by atoms with van der Waals surface area (Å²) in [5, 5.41) is 8.93. The maximum atomic E-state index is 12.4. The van der Waals surface area contributed by atoms with Gasteiger partial charge in [0.25, 0.3) is 0 Å². The highest BCUT2D eigenvalue weighted by Crippen LogP contribution is 2.34. The second-order valence-electron chi connectivity index (χ2n) is 7.32. The number of nitrogens with zero attached hydrogens (tertiary/aromatic N) is 2. The minimum Gasteiger partial charge on any atom is -0.459 e. The predicted molar refractivity (Wildman–Crippen MR) is 110 cm³/mol. The number of benzene rings is 1. The molecule has 3 heterocycles. The van der Waals surface area contributed by atoms with Crippen molar-refractivity contribution in [2.45, 2.75) is 31.2 Å². The number of hydrogen-bond donors (Lipinski definition) is 2. The summed E-state index contributed by atoms with van der Waals surface area (Å²) in [6.45, 7) is -3.53. The second-order valence-corrected chi connectivity index (χ2v) is 7.32. The van der Waals surface area contributed by atoms with E-state index in [9.17, 15) is 28.0 Å². The Labute approximate surface area is 199 Å². The summed E-state index contributed by atoms with van der Waals surface area (Å²) in [7, 11) is 0. The number of rotatable bonds is 7. The third kappa shape index (κ3) is 5.47. The topological polar surface area (TPSA) is 165 Å². The molecular weight excluding hydrogens is 492 g/mol. The first kappa shape index (κ1) is 24.7. The number of fused-ring (bicyclic) bond motifs is 1. The number of anilines is 1. The molecule has 4 atom stereocenters. The summed E-state index contributed by atoms with van der Waals surface area (Å²) < 4.78 is 51.4. The quantitative estimate of drug-likeness (QED) is 0.307. The molecule has 2 aliphatic rings. The predicted octanol–water partition coefficient (Wildman–Crippen LogP) is 0.794. The number of carbonyl (C=O) groups is 3. The van der Waals surface area contributed by atoms with Crippen LogP contribution in [0, 0.1) is 0 Å². The lowest BCUT2D eigenvalue weighted by atomic mass is 10.1. The van der Waals surface area contributed by atoms with Crippen LogP contribution in [-0.2, 0) is 28.5 Å². The Morgan fingerprint density at radius 2 is 1.75 bits per heavy atom. The number of alkyl halides is 2. The molecule has 1 unspecified atom stereocenters. The van der Waals surface area contributed by atoms with E-state index in [1.54, 1.807) is 5.48 Å². The summed E-state index contributed by atoms with van der Waals surface area (Å²) >= 11 is 0. The summed E-state index contributed by atoms with van der Waals surface area (Å²) in [6, 6.07) is 5.92. The van der Waals surface area contributed by atoms with E-state index in [1.165, 1.54) is 24.4 Å². The van der Waals surface area contributed by atoms with Crippen LogP contribution in [0.3, 0.4) is 0 Å². The van der Waals surface area contributed by atoms with Crippen molar-refractivity contribution in [3.05, 3.63) is 64.7 Å². The summed E-state index contributed by atoms with van der Waals surface area (Å²) in [5.74, 6) is -3.00. The SMILES string of the molecule is O=C1/C=C\C(=O)O[C@H]2C(O1)[C@@H](COC(=O)c1ccc(OC(F)F)cc1)O[C@H]2n1ccc(NO)nc1=O. The molecule has 1 aromatic carbocycles. The van der Waals surface area contributed by atoms with E-state index in [1.807, 2.05) is 0 Å². The minimum atomic E-state index is -3.03. The van der Waals surface area contributed by atoms with E-state index >= 15 is 0 Å². The molecule has 2 aromatic rings. The number of esters is 3. The van der Waals surface area contributed by atoms with Gasteiger partial charge in [-0.1, -0.05) is 0 Å². The molecule has 190 valence electrons. The van der Waals surface area contributed by atoms with E-state index in [0.29, 0.717) is 0 Å². The van der Waals surface area contributed by atoms with Gasteiger partial charge in [-0.3, -0.25) is 15.3 Å². The Hall–Kier alpha value is -4.37. The lowest BCUT2D eigenvalue weighted by Gasteiger charge is -2.25. The fraction of sp³-hybridized carbons (Fsp3) is 0.286. The molecule has 0 amide bonds. The van der Waals surface area contributed by atoms with E-state index < -0.39 is 61.4 Å². The monoisotopic (exact) mass is 509 g/mol. The van der Waals surface area contributed by atoms with Gasteiger partial charge in [0, 0.05) is 18.3 Å². The van der Waals surface area contributed by atoms with Crippen LogP contribution in [0.15, 0.2) is 53.5 Å². The molecule has 0 radical (unpaired) electrons. The summed E-state index contributed by atoms with van der Waals surface area (Å²) in [5.41, 5.74) is 0.809. The van der Waals surface area contributed by atoms with Crippen molar-refractivity contribution < 1.29 is 52.1 Å². The van der Waals surface area contributed by atoms with Gasteiger partial charge >= 0.3 is 30.2 Å². The summed E-state index contributed by atoms with van der Waals surface area (Å²) in [6.07, 6.45) is -2.26. The molecule has 36 heavy (non-hydrogen) atoms. The third-order valence-electron chi connectivity index (χ3n) is 5.06. The molecule has 13 nitrogen and oxygen atoms in total. The molecular formula is C21H17F2N3O10. The fourth-order valence-corrected chi connectivity index (χ4v) is 3.50. The molecule has 0 aliphatic carbocycles. The number of carbonyl (C=O) groups excluding carboxylic acids is 3. The van der Waals surface area contributed by atoms with E-state index in [-0.39, 0.29) is 17.1 Å². The van der Waals surface area contributed by atoms with Gasteiger partial charge in [0.05, 0.1) is 5.56 Å². The third-order valence-corrected chi connectivity index (χ3v) is 5.06. The number of halogens is 2. The maximum Gasteiger partial charge on any atom is 0.387 e. The Morgan fingerprint density at radius 1 is 1.08 bits per heavy atom. The lowest BCUT2D eigenvalue weighted by molar-refractivity contribution is -0.164. The van der Waals surface area contributed by atoms with Crippen molar-refractivity contribution in [2.75, 3.05) is 12.1 Å². The first-order valence-corrected chi connectivity index (χ1v) is 10.2. The van der Waals surface area contributed by atoms with Crippen molar-refractivity contribution in [2.24, 2.45) is 0 Å². The molecule has 2 aliphatic heterocycles. The maximum absolute atomic E-state index is 12.4. The van der Waals surface area contributed by atoms with Gasteiger partial charge in [0.1, 0.15) is 18.5 Å². The molecule has 0 saturated carbocycles. The zero-order valence-electron chi connectivity index (χ0n) is 18.0. The smallest absolute Gasteiger partial charge is 0.387 e. The first-order chi connectivity index (χ1) is 17.2. The second kappa shape index (κ2) is 10.5. The normalized spacial score (nSPS) is 24.1. The van der Waals surface area contributed by atoms with Crippen molar-refractivity contribution in [1.82, 2.24) is 9.55 Å². The van der Waals surface area contributed by atoms with Gasteiger partial charge in [-0.25, -0.2) is 19.2 Å². The number of ether oxygens (including phenoxy) is 5. The zero-order chi connectivity index (χ0) is 25.8. The number of aromatic nitrogens is 2.